The molecule has 1 aliphatic rings. The lowest BCUT2D eigenvalue weighted by Crippen LogP contribution is -2.38. The normalized spacial score (nSPS) is 13.4. The summed E-state index contributed by atoms with van der Waals surface area (Å²) in [4.78, 5) is 39.8. The van der Waals surface area contributed by atoms with Gasteiger partial charge in [-0.15, -0.1) is 11.3 Å². The molecule has 48 heavy (non-hydrogen) atoms. The van der Waals surface area contributed by atoms with E-state index in [1.807, 2.05) is 29.2 Å². The highest BCUT2D eigenvalue weighted by atomic mass is 35.5. The maximum absolute atomic E-state index is 12.8. The Labute approximate surface area is 286 Å². The third kappa shape index (κ3) is 8.09. The van der Waals surface area contributed by atoms with Crippen LogP contribution in [-0.4, -0.2) is 49.4 Å². The van der Waals surface area contributed by atoms with Crippen molar-refractivity contribution in [2.75, 3.05) is 13.7 Å². The van der Waals surface area contributed by atoms with Gasteiger partial charge < -0.3 is 14.2 Å². The number of halogens is 1. The first-order valence-electron chi connectivity index (χ1n) is 14.6. The molecule has 1 aliphatic heterocycles. The number of esters is 3. The highest BCUT2D eigenvalue weighted by molar-refractivity contribution is 7.86. The number of hydrogen-bond donors (Lipinski definition) is 1. The molecule has 1 aromatic heterocycles. The van der Waals surface area contributed by atoms with Gasteiger partial charge in [-0.3, -0.25) is 14.2 Å². The second-order valence-electron chi connectivity index (χ2n) is 10.6. The number of carbonyl (C=O) groups excluding carboxylic acids is 3. The molecular formula is C35H30ClNO9S2. The van der Waals surface area contributed by atoms with Gasteiger partial charge in [-0.05, 0) is 53.3 Å². The molecule has 2 heterocycles. The molecule has 6 rings (SSSR count). The van der Waals surface area contributed by atoms with Gasteiger partial charge in [-0.1, -0.05) is 78.3 Å². The van der Waals surface area contributed by atoms with E-state index in [9.17, 15) is 22.8 Å². The summed E-state index contributed by atoms with van der Waals surface area (Å²) in [6.07, 6.45) is 0.680. The average Bonchev–Trinajstić information content (AvgIpc) is 3.46. The van der Waals surface area contributed by atoms with E-state index in [2.05, 4.69) is 0 Å². The van der Waals surface area contributed by atoms with Crippen molar-refractivity contribution < 1.29 is 41.6 Å². The van der Waals surface area contributed by atoms with E-state index in [1.54, 1.807) is 60.7 Å². The first-order valence-corrected chi connectivity index (χ1v) is 17.2. The molecular weight excluding hydrogens is 678 g/mol. The van der Waals surface area contributed by atoms with Crippen LogP contribution in [0.25, 0.3) is 10.8 Å². The summed E-state index contributed by atoms with van der Waals surface area (Å²) in [5, 5.41) is 2.26. The van der Waals surface area contributed by atoms with Crippen LogP contribution in [0.5, 0.6) is 10.8 Å². The molecule has 0 spiro atoms. The molecule has 0 radical (unpaired) electrons. The molecule has 1 N–H and O–H groups in total. The Bertz CT molecular complexity index is 2090. The minimum absolute atomic E-state index is 0.0457. The van der Waals surface area contributed by atoms with Crippen molar-refractivity contribution in [2.45, 2.75) is 30.8 Å². The molecule has 0 fully saturated rings. The van der Waals surface area contributed by atoms with Crippen LogP contribution in [0.3, 0.4) is 0 Å². The SMILES string of the molecule is COC(=O)[C@H](c1ccccc1Cl)N1CCc2sc(OC(=O)c3ccccc3OC(C)=O)cc2C1.O=S(=O)(O)c1cccc2ccccc12. The van der Waals surface area contributed by atoms with E-state index in [-0.39, 0.29) is 22.2 Å². The summed E-state index contributed by atoms with van der Waals surface area (Å²) < 4.78 is 46.7. The van der Waals surface area contributed by atoms with Crippen molar-refractivity contribution in [3.63, 3.8) is 0 Å². The third-order valence-electron chi connectivity index (χ3n) is 7.44. The largest absolute Gasteiger partial charge is 0.468 e. The molecule has 4 aromatic carbocycles. The molecule has 13 heteroatoms. The van der Waals surface area contributed by atoms with Gasteiger partial charge in [0.1, 0.15) is 22.3 Å². The lowest BCUT2D eigenvalue weighted by molar-refractivity contribution is -0.147. The van der Waals surface area contributed by atoms with Crippen molar-refractivity contribution in [2.24, 2.45) is 0 Å². The van der Waals surface area contributed by atoms with Crippen molar-refractivity contribution in [1.82, 2.24) is 4.90 Å². The van der Waals surface area contributed by atoms with Crippen LogP contribution >= 0.6 is 22.9 Å². The first kappa shape index (κ1) is 34.7. The number of para-hydroxylation sites is 1. The standard InChI is InChI=1S/C25H22ClNO6S.C10H8O3S/c1-15(28)32-20-10-6-4-8-18(20)24(29)33-22-13-16-14-27(12-11-21(16)34-22)23(25(30)31-2)17-7-3-5-9-19(17)26;11-14(12,13)10-7-3-5-8-4-1-2-6-9(8)10/h3-10,13,23H,11-12,14H2,1-2H3;1-7H,(H,11,12,13)/t23-;/m0./s1. The summed E-state index contributed by atoms with van der Waals surface area (Å²) in [6, 6.07) is 26.6. The number of hydrogen-bond acceptors (Lipinski definition) is 10. The van der Waals surface area contributed by atoms with Crippen molar-refractivity contribution in [1.29, 1.82) is 0 Å². The van der Waals surface area contributed by atoms with Gasteiger partial charge in [0.05, 0.1) is 7.11 Å². The van der Waals surface area contributed by atoms with Gasteiger partial charge in [0, 0.05) is 35.3 Å². The molecule has 0 saturated carbocycles. The Morgan fingerprint density at radius 1 is 0.917 bits per heavy atom. The Morgan fingerprint density at radius 2 is 1.60 bits per heavy atom. The fraction of sp³-hybridized carbons (Fsp3) is 0.171. The number of fused-ring (bicyclic) bond motifs is 2. The molecule has 5 aromatic rings. The lowest BCUT2D eigenvalue weighted by atomic mass is 10.0. The van der Waals surface area contributed by atoms with Gasteiger partial charge >= 0.3 is 17.9 Å². The number of benzene rings is 4. The Balaban J connectivity index is 0.000000267. The Morgan fingerprint density at radius 3 is 2.33 bits per heavy atom. The van der Waals surface area contributed by atoms with Crippen LogP contribution in [0, 0.1) is 0 Å². The van der Waals surface area contributed by atoms with E-state index in [0.29, 0.717) is 40.5 Å². The monoisotopic (exact) mass is 707 g/mol. The first-order chi connectivity index (χ1) is 23.0. The Hall–Kier alpha value is -4.59. The molecule has 248 valence electrons. The minimum atomic E-state index is -4.13. The minimum Gasteiger partial charge on any atom is -0.468 e. The van der Waals surface area contributed by atoms with E-state index in [1.165, 1.54) is 37.5 Å². The zero-order valence-corrected chi connectivity index (χ0v) is 28.2. The second kappa shape index (κ2) is 15.1. The quantitative estimate of drug-likeness (QED) is 0.108. The maximum atomic E-state index is 12.8. The van der Waals surface area contributed by atoms with Crippen molar-refractivity contribution >= 4 is 61.7 Å². The third-order valence-corrected chi connectivity index (χ3v) is 9.82. The molecule has 0 aliphatic carbocycles. The summed E-state index contributed by atoms with van der Waals surface area (Å²) in [5.41, 5.74) is 1.81. The smallest absolute Gasteiger partial charge is 0.348 e. The summed E-state index contributed by atoms with van der Waals surface area (Å²) >= 11 is 7.77. The van der Waals surface area contributed by atoms with E-state index < -0.39 is 28.1 Å². The van der Waals surface area contributed by atoms with Crippen LogP contribution < -0.4 is 9.47 Å². The predicted octanol–water partition coefficient (Wildman–Crippen LogP) is 6.90. The highest BCUT2D eigenvalue weighted by Gasteiger charge is 2.33. The number of methoxy groups -OCH3 is 1. The molecule has 1 atom stereocenters. The number of nitrogens with zero attached hydrogens (tertiary/aromatic N) is 1. The number of rotatable bonds is 7. The fourth-order valence-corrected chi connectivity index (χ4v) is 7.29. The van der Waals surface area contributed by atoms with Crippen LogP contribution in [0.15, 0.2) is 102 Å². The summed E-state index contributed by atoms with van der Waals surface area (Å²) in [6.45, 7) is 2.35. The highest BCUT2D eigenvalue weighted by Crippen LogP contribution is 2.38. The van der Waals surface area contributed by atoms with Crippen LogP contribution in [-0.2, 0) is 37.4 Å². The molecule has 0 saturated heterocycles. The van der Waals surface area contributed by atoms with Crippen LogP contribution in [0.1, 0.15) is 39.3 Å². The van der Waals surface area contributed by atoms with Crippen molar-refractivity contribution in [3.05, 3.63) is 124 Å². The van der Waals surface area contributed by atoms with E-state index >= 15 is 0 Å². The average molecular weight is 708 g/mol. The van der Waals surface area contributed by atoms with Gasteiger partial charge in [0.2, 0.25) is 0 Å². The zero-order chi connectivity index (χ0) is 34.4. The molecule has 0 unspecified atom stereocenters. The topological polar surface area (TPSA) is 137 Å². The van der Waals surface area contributed by atoms with Gasteiger partial charge in [0.25, 0.3) is 10.1 Å². The number of carbonyl (C=O) groups is 3. The zero-order valence-electron chi connectivity index (χ0n) is 25.8. The van der Waals surface area contributed by atoms with Gasteiger partial charge in [-0.2, -0.15) is 8.42 Å². The maximum Gasteiger partial charge on any atom is 0.348 e. The second-order valence-corrected chi connectivity index (χ2v) is 13.5. The fourth-order valence-electron chi connectivity index (χ4n) is 5.33. The lowest BCUT2D eigenvalue weighted by Gasteiger charge is -2.33. The summed E-state index contributed by atoms with van der Waals surface area (Å²) in [7, 11) is -2.77. The van der Waals surface area contributed by atoms with Crippen molar-refractivity contribution in [3.8, 4) is 10.8 Å². The van der Waals surface area contributed by atoms with Crippen LogP contribution in [0.4, 0.5) is 0 Å². The number of ether oxygens (including phenoxy) is 3. The predicted molar refractivity (Wildman–Crippen MR) is 181 cm³/mol. The van der Waals surface area contributed by atoms with Gasteiger partial charge in [-0.25, -0.2) is 9.59 Å². The summed E-state index contributed by atoms with van der Waals surface area (Å²) in [5.74, 6) is -1.38. The molecule has 0 amide bonds. The molecule has 10 nitrogen and oxygen atoms in total. The van der Waals surface area contributed by atoms with Gasteiger partial charge in [0.15, 0.2) is 5.06 Å². The Kier molecular flexibility index (Phi) is 10.9. The number of thiophene rings is 1. The molecule has 0 bridgehead atoms. The van der Waals surface area contributed by atoms with E-state index in [4.69, 9.17) is 30.4 Å². The van der Waals surface area contributed by atoms with Crippen LogP contribution in [0.2, 0.25) is 5.02 Å². The van der Waals surface area contributed by atoms with E-state index in [0.717, 1.165) is 15.8 Å².